The van der Waals surface area contributed by atoms with E-state index in [2.05, 4.69) is 15.4 Å². The van der Waals surface area contributed by atoms with Crippen molar-refractivity contribution in [2.75, 3.05) is 11.6 Å². The molecule has 1 unspecified atom stereocenters. The van der Waals surface area contributed by atoms with Gasteiger partial charge in [0.25, 0.3) is 5.91 Å². The molecule has 2 aromatic heterocycles. The molecule has 0 aliphatic carbocycles. The quantitative estimate of drug-likeness (QED) is 0.645. The Morgan fingerprint density at radius 3 is 2.71 bits per heavy atom. The van der Waals surface area contributed by atoms with E-state index in [4.69, 9.17) is 0 Å². The number of thioether (sulfide) groups is 1. The predicted octanol–water partition coefficient (Wildman–Crippen LogP) is 3.56. The van der Waals surface area contributed by atoms with Crippen LogP contribution >= 0.6 is 23.1 Å². The van der Waals surface area contributed by atoms with Crippen molar-refractivity contribution in [3.05, 3.63) is 53.4 Å². The summed E-state index contributed by atoms with van der Waals surface area (Å²) in [5.74, 6) is 0.281. The highest BCUT2D eigenvalue weighted by Gasteiger charge is 2.38. The number of carbonyl (C=O) groups is 2. The van der Waals surface area contributed by atoms with E-state index in [1.807, 2.05) is 38.3 Å². The third kappa shape index (κ3) is 4.64. The summed E-state index contributed by atoms with van der Waals surface area (Å²) in [6.07, 6.45) is 0. The first kappa shape index (κ1) is 21.5. The molecule has 4 rings (SSSR count). The van der Waals surface area contributed by atoms with Crippen LogP contribution in [-0.4, -0.2) is 54.7 Å². The number of benzene rings is 1. The summed E-state index contributed by atoms with van der Waals surface area (Å²) in [6.45, 7) is 5.69. The Balaban J connectivity index is 1.69. The molecule has 1 N–H and O–H groups in total. The predicted molar refractivity (Wildman–Crippen MR) is 120 cm³/mol. The molecule has 7 nitrogen and oxygen atoms in total. The maximum atomic E-state index is 13.8. The number of rotatable bonds is 4. The number of nitrogens with zero attached hydrogens (tertiary/aromatic N) is 4. The Bertz CT molecular complexity index is 1110. The number of carbonyl (C=O) groups excluding carboxylic acids is 2. The molecule has 3 heterocycles. The van der Waals surface area contributed by atoms with Crippen LogP contribution < -0.4 is 5.32 Å². The number of halogens is 1. The molecule has 1 aliphatic rings. The fourth-order valence-corrected chi connectivity index (χ4v) is 5.05. The van der Waals surface area contributed by atoms with Crippen molar-refractivity contribution in [1.82, 2.24) is 25.0 Å². The van der Waals surface area contributed by atoms with Crippen molar-refractivity contribution in [3.63, 3.8) is 0 Å². The van der Waals surface area contributed by atoms with Crippen LogP contribution in [0, 0.1) is 5.82 Å². The van der Waals surface area contributed by atoms with Gasteiger partial charge in [-0.1, -0.05) is 12.1 Å². The van der Waals surface area contributed by atoms with Crippen LogP contribution in [0.4, 0.5) is 4.39 Å². The smallest absolute Gasteiger partial charge is 0.294 e. The monoisotopic (exact) mass is 459 g/mol. The molecule has 2 amide bonds. The van der Waals surface area contributed by atoms with Crippen LogP contribution in [0.2, 0.25) is 0 Å². The van der Waals surface area contributed by atoms with Gasteiger partial charge in [0.1, 0.15) is 11.9 Å². The highest BCUT2D eigenvalue weighted by Crippen LogP contribution is 2.28. The highest BCUT2D eigenvalue weighted by atomic mass is 32.2. The third-order valence-corrected chi connectivity index (χ3v) is 6.41. The van der Waals surface area contributed by atoms with Crippen molar-refractivity contribution in [2.24, 2.45) is 0 Å². The third-order valence-electron chi connectivity index (χ3n) is 4.54. The van der Waals surface area contributed by atoms with Gasteiger partial charge in [-0.3, -0.25) is 9.59 Å². The fourth-order valence-electron chi connectivity index (χ4n) is 3.20. The molecule has 0 bridgehead atoms. The summed E-state index contributed by atoms with van der Waals surface area (Å²) in [4.78, 5) is 32.8. The van der Waals surface area contributed by atoms with E-state index in [9.17, 15) is 14.0 Å². The van der Waals surface area contributed by atoms with Crippen molar-refractivity contribution < 1.29 is 14.0 Å². The van der Waals surface area contributed by atoms with Gasteiger partial charge in [0.15, 0.2) is 5.82 Å². The molecule has 0 radical (unpaired) electrons. The van der Waals surface area contributed by atoms with E-state index in [1.165, 1.54) is 44.8 Å². The number of amides is 2. The van der Waals surface area contributed by atoms with Gasteiger partial charge in [-0.25, -0.2) is 14.1 Å². The molecular weight excluding hydrogens is 437 g/mol. The Morgan fingerprint density at radius 2 is 2.03 bits per heavy atom. The first-order valence-corrected chi connectivity index (χ1v) is 11.7. The van der Waals surface area contributed by atoms with Gasteiger partial charge in [0.2, 0.25) is 11.7 Å². The summed E-state index contributed by atoms with van der Waals surface area (Å²) >= 11 is 2.96. The van der Waals surface area contributed by atoms with Crippen LogP contribution in [0.15, 0.2) is 41.8 Å². The van der Waals surface area contributed by atoms with Crippen LogP contribution in [0.5, 0.6) is 0 Å². The van der Waals surface area contributed by atoms with Gasteiger partial charge in [-0.05, 0) is 50.4 Å². The summed E-state index contributed by atoms with van der Waals surface area (Å²) < 4.78 is 15.3. The number of hydrogen-bond donors (Lipinski definition) is 1. The van der Waals surface area contributed by atoms with E-state index in [1.54, 1.807) is 12.1 Å². The lowest BCUT2D eigenvalue weighted by molar-refractivity contribution is -0.125. The molecule has 1 aromatic carbocycles. The van der Waals surface area contributed by atoms with Crippen LogP contribution in [0.25, 0.3) is 16.4 Å². The van der Waals surface area contributed by atoms with Crippen LogP contribution in [0.3, 0.4) is 0 Å². The van der Waals surface area contributed by atoms with E-state index in [0.717, 1.165) is 4.88 Å². The molecule has 0 spiro atoms. The van der Waals surface area contributed by atoms with Gasteiger partial charge in [-0.2, -0.15) is 0 Å². The largest absolute Gasteiger partial charge is 0.350 e. The van der Waals surface area contributed by atoms with Gasteiger partial charge in [0, 0.05) is 11.3 Å². The zero-order chi connectivity index (χ0) is 22.2. The van der Waals surface area contributed by atoms with Crippen LogP contribution in [-0.2, 0) is 4.79 Å². The summed E-state index contributed by atoms with van der Waals surface area (Å²) in [7, 11) is 0. The summed E-state index contributed by atoms with van der Waals surface area (Å²) in [6, 6.07) is 9.11. The van der Waals surface area contributed by atoms with Gasteiger partial charge < -0.3 is 10.2 Å². The second-order valence-electron chi connectivity index (χ2n) is 8.16. The zero-order valence-electron chi connectivity index (χ0n) is 17.3. The Hall–Kier alpha value is -2.72. The van der Waals surface area contributed by atoms with E-state index < -0.39 is 23.3 Å². The second-order valence-corrected chi connectivity index (χ2v) is 10.1. The summed E-state index contributed by atoms with van der Waals surface area (Å²) in [5.41, 5.74) is 0.0653. The SMILES string of the molecule is CC(C)(C)NC(=O)C1CSCN1C(=O)c1nc(-c2cccs2)n(-c2cccc(F)c2)n1. The Kier molecular flexibility index (Phi) is 5.85. The van der Waals surface area contributed by atoms with E-state index in [0.29, 0.717) is 23.1 Å². The average Bonchev–Trinajstić information content (AvgIpc) is 3.45. The van der Waals surface area contributed by atoms with Gasteiger partial charge >= 0.3 is 0 Å². The maximum Gasteiger partial charge on any atom is 0.294 e. The minimum absolute atomic E-state index is 0.0243. The van der Waals surface area contributed by atoms with Gasteiger partial charge in [-0.15, -0.1) is 28.2 Å². The average molecular weight is 460 g/mol. The number of aromatic nitrogens is 3. The standard InChI is InChI=1S/C21H22FN5O2S2/c1-21(2,3)24-19(28)15-11-30-12-26(15)20(29)17-23-18(16-8-5-9-31-16)27(25-17)14-7-4-6-13(22)10-14/h4-10,15H,11-12H2,1-3H3,(H,24,28). The zero-order valence-corrected chi connectivity index (χ0v) is 19.0. The molecule has 10 heteroatoms. The molecule has 162 valence electrons. The lowest BCUT2D eigenvalue weighted by atomic mass is 10.1. The van der Waals surface area contributed by atoms with E-state index in [-0.39, 0.29) is 11.7 Å². The van der Waals surface area contributed by atoms with Crippen molar-refractivity contribution in [1.29, 1.82) is 0 Å². The lowest BCUT2D eigenvalue weighted by Crippen LogP contribution is -2.52. The molecule has 3 aromatic rings. The normalized spacial score (nSPS) is 16.5. The van der Waals surface area contributed by atoms with Gasteiger partial charge in [0.05, 0.1) is 16.4 Å². The fraction of sp³-hybridized carbons (Fsp3) is 0.333. The second kappa shape index (κ2) is 8.43. The first-order valence-electron chi connectivity index (χ1n) is 9.70. The topological polar surface area (TPSA) is 80.1 Å². The molecule has 1 aliphatic heterocycles. The summed E-state index contributed by atoms with van der Waals surface area (Å²) in [5, 5.41) is 9.23. The minimum atomic E-state index is -0.594. The number of hydrogen-bond acceptors (Lipinski definition) is 6. The molecule has 0 saturated carbocycles. The Morgan fingerprint density at radius 1 is 1.23 bits per heavy atom. The first-order chi connectivity index (χ1) is 14.7. The highest BCUT2D eigenvalue weighted by molar-refractivity contribution is 7.99. The molecule has 1 saturated heterocycles. The molecule has 1 fully saturated rings. The lowest BCUT2D eigenvalue weighted by Gasteiger charge is -2.27. The minimum Gasteiger partial charge on any atom is -0.350 e. The molecule has 31 heavy (non-hydrogen) atoms. The molecule has 1 atom stereocenters. The van der Waals surface area contributed by atoms with Crippen molar-refractivity contribution >= 4 is 34.9 Å². The van der Waals surface area contributed by atoms with Crippen molar-refractivity contribution in [2.45, 2.75) is 32.4 Å². The van der Waals surface area contributed by atoms with E-state index >= 15 is 0 Å². The number of nitrogens with one attached hydrogen (secondary N) is 1. The Labute approximate surface area is 187 Å². The molecular formula is C21H22FN5O2S2. The maximum absolute atomic E-state index is 13.8. The number of thiophene rings is 1. The van der Waals surface area contributed by atoms with Crippen LogP contribution in [0.1, 0.15) is 31.4 Å². The van der Waals surface area contributed by atoms with Crippen molar-refractivity contribution in [3.8, 4) is 16.4 Å².